The Morgan fingerprint density at radius 2 is 1.44 bits per heavy atom. The van der Waals surface area contributed by atoms with E-state index in [4.69, 9.17) is 0 Å². The highest BCUT2D eigenvalue weighted by molar-refractivity contribution is 5.38. The van der Waals surface area contributed by atoms with E-state index in [-0.39, 0.29) is 0 Å². The van der Waals surface area contributed by atoms with Crippen molar-refractivity contribution < 1.29 is 0 Å². The molecule has 18 heavy (non-hydrogen) atoms. The molecule has 1 atom stereocenters. The van der Waals surface area contributed by atoms with Crippen LogP contribution < -0.4 is 0 Å². The van der Waals surface area contributed by atoms with Crippen LogP contribution in [-0.2, 0) is 0 Å². The van der Waals surface area contributed by atoms with Gasteiger partial charge in [-0.3, -0.25) is 0 Å². The Labute approximate surface area is 109 Å². The Bertz CT molecular complexity index is 553. The number of rotatable bonds is 2. The number of hydrogen-bond donors (Lipinski definition) is 0. The number of hydrogen-bond acceptors (Lipinski definition) is 0. The van der Waals surface area contributed by atoms with Gasteiger partial charge < -0.3 is 0 Å². The lowest BCUT2D eigenvalue weighted by Crippen LogP contribution is -1.97. The second kappa shape index (κ2) is 5.10. The van der Waals surface area contributed by atoms with Crippen molar-refractivity contribution in [3.63, 3.8) is 0 Å². The molecule has 0 heteroatoms. The lowest BCUT2D eigenvalue weighted by atomic mass is 9.94. The van der Waals surface area contributed by atoms with Crippen molar-refractivity contribution in [3.05, 3.63) is 71.8 Å². The highest BCUT2D eigenvalue weighted by Gasteiger charge is 2.30. The summed E-state index contributed by atoms with van der Waals surface area (Å²) in [6.07, 6.45) is 2.64. The number of benzene rings is 2. The molecule has 0 radical (unpaired) electrons. The highest BCUT2D eigenvalue weighted by Crippen LogP contribution is 2.42. The van der Waals surface area contributed by atoms with Gasteiger partial charge in [0.1, 0.15) is 0 Å². The fraction of sp³-hybridized carbons (Fsp3) is 0.222. The Morgan fingerprint density at radius 1 is 0.833 bits per heavy atom. The molecule has 0 unspecified atom stereocenters. The van der Waals surface area contributed by atoms with E-state index < -0.39 is 0 Å². The summed E-state index contributed by atoms with van der Waals surface area (Å²) in [5, 5.41) is 0. The fourth-order valence-corrected chi connectivity index (χ4v) is 2.25. The average molecular weight is 232 g/mol. The first-order valence-corrected chi connectivity index (χ1v) is 6.55. The van der Waals surface area contributed by atoms with Gasteiger partial charge in [0.2, 0.25) is 0 Å². The summed E-state index contributed by atoms with van der Waals surface area (Å²) in [6, 6.07) is 20.9. The molecule has 1 aliphatic rings. The zero-order chi connectivity index (χ0) is 12.2. The van der Waals surface area contributed by atoms with Crippen LogP contribution in [0.15, 0.2) is 60.7 Å². The standard InChI is InChI=1S/C18H16/c1-3-7-15(8-4-1)11-14-18(17-12-13-17)16-9-5-2-6-10-16/h1-10,17-18H,12-13H2/t18-/m0/s1. The van der Waals surface area contributed by atoms with Gasteiger partial charge in [-0.05, 0) is 36.5 Å². The third-order valence-corrected chi connectivity index (χ3v) is 3.40. The first-order valence-electron chi connectivity index (χ1n) is 6.55. The normalized spacial score (nSPS) is 15.6. The van der Waals surface area contributed by atoms with E-state index in [9.17, 15) is 0 Å². The van der Waals surface area contributed by atoms with E-state index in [0.29, 0.717) is 5.92 Å². The van der Waals surface area contributed by atoms with E-state index in [1.807, 2.05) is 18.2 Å². The molecule has 0 nitrogen and oxygen atoms in total. The molecule has 2 aromatic rings. The van der Waals surface area contributed by atoms with Crippen molar-refractivity contribution in [2.75, 3.05) is 0 Å². The Morgan fingerprint density at radius 3 is 2.06 bits per heavy atom. The first-order chi connectivity index (χ1) is 8.93. The molecule has 2 aromatic carbocycles. The van der Waals surface area contributed by atoms with Crippen LogP contribution >= 0.6 is 0 Å². The monoisotopic (exact) mass is 232 g/mol. The lowest BCUT2D eigenvalue weighted by Gasteiger charge is -2.08. The second-order valence-electron chi connectivity index (χ2n) is 4.86. The quantitative estimate of drug-likeness (QED) is 0.680. The molecular weight excluding hydrogens is 216 g/mol. The minimum atomic E-state index is 0.409. The summed E-state index contributed by atoms with van der Waals surface area (Å²) >= 11 is 0. The van der Waals surface area contributed by atoms with Crippen LogP contribution in [0.1, 0.15) is 29.9 Å². The van der Waals surface area contributed by atoms with Gasteiger partial charge in [-0.2, -0.15) is 0 Å². The predicted molar refractivity (Wildman–Crippen MR) is 75.2 cm³/mol. The fourth-order valence-electron chi connectivity index (χ4n) is 2.25. The largest absolute Gasteiger partial charge is 0.0894 e. The van der Waals surface area contributed by atoms with Crippen LogP contribution in [0.2, 0.25) is 0 Å². The van der Waals surface area contributed by atoms with Crippen molar-refractivity contribution >= 4 is 0 Å². The van der Waals surface area contributed by atoms with Crippen LogP contribution in [0.25, 0.3) is 0 Å². The smallest absolute Gasteiger partial charge is 0.0484 e. The predicted octanol–water partition coefficient (Wildman–Crippen LogP) is 4.23. The zero-order valence-corrected chi connectivity index (χ0v) is 10.3. The molecule has 1 fully saturated rings. The van der Waals surface area contributed by atoms with Crippen molar-refractivity contribution in [1.82, 2.24) is 0 Å². The summed E-state index contributed by atoms with van der Waals surface area (Å²) in [7, 11) is 0. The third-order valence-electron chi connectivity index (χ3n) is 3.40. The third kappa shape index (κ3) is 2.63. The topological polar surface area (TPSA) is 0 Å². The van der Waals surface area contributed by atoms with E-state index in [2.05, 4.69) is 54.3 Å². The Hall–Kier alpha value is -2.00. The molecule has 0 N–H and O–H groups in total. The summed E-state index contributed by atoms with van der Waals surface area (Å²) < 4.78 is 0. The molecule has 0 amide bonds. The van der Waals surface area contributed by atoms with Gasteiger partial charge >= 0.3 is 0 Å². The molecule has 0 aliphatic heterocycles. The molecule has 1 saturated carbocycles. The van der Waals surface area contributed by atoms with Gasteiger partial charge in [-0.25, -0.2) is 0 Å². The van der Waals surface area contributed by atoms with Gasteiger partial charge in [0.15, 0.2) is 0 Å². The van der Waals surface area contributed by atoms with Gasteiger partial charge in [0, 0.05) is 11.5 Å². The van der Waals surface area contributed by atoms with E-state index in [1.165, 1.54) is 18.4 Å². The molecule has 0 aromatic heterocycles. The molecule has 88 valence electrons. The molecule has 0 bridgehead atoms. The van der Waals surface area contributed by atoms with E-state index >= 15 is 0 Å². The lowest BCUT2D eigenvalue weighted by molar-refractivity contribution is 0.749. The maximum atomic E-state index is 3.46. The molecule has 0 heterocycles. The average Bonchev–Trinajstić information content (AvgIpc) is 3.26. The summed E-state index contributed by atoms with van der Waals surface area (Å²) in [5.41, 5.74) is 2.47. The van der Waals surface area contributed by atoms with Crippen LogP contribution in [0.5, 0.6) is 0 Å². The molecule has 0 saturated heterocycles. The molecular formula is C18H16. The van der Waals surface area contributed by atoms with Gasteiger partial charge in [-0.15, -0.1) is 0 Å². The summed E-state index contributed by atoms with van der Waals surface area (Å²) in [5.74, 6) is 7.95. The summed E-state index contributed by atoms with van der Waals surface area (Å²) in [4.78, 5) is 0. The van der Waals surface area contributed by atoms with E-state index in [0.717, 1.165) is 11.5 Å². The van der Waals surface area contributed by atoms with Crippen LogP contribution in [0, 0.1) is 17.8 Å². The van der Waals surface area contributed by atoms with Crippen molar-refractivity contribution in [3.8, 4) is 11.8 Å². The van der Waals surface area contributed by atoms with Crippen LogP contribution in [-0.4, -0.2) is 0 Å². The zero-order valence-electron chi connectivity index (χ0n) is 10.3. The molecule has 3 rings (SSSR count). The summed E-state index contributed by atoms with van der Waals surface area (Å²) in [6.45, 7) is 0. The maximum Gasteiger partial charge on any atom is 0.0484 e. The minimum Gasteiger partial charge on any atom is -0.0894 e. The first kappa shape index (κ1) is 11.1. The molecule has 1 aliphatic carbocycles. The Balaban J connectivity index is 1.86. The second-order valence-corrected chi connectivity index (χ2v) is 4.86. The van der Waals surface area contributed by atoms with Crippen molar-refractivity contribution in [2.24, 2.45) is 5.92 Å². The minimum absolute atomic E-state index is 0.409. The van der Waals surface area contributed by atoms with Crippen molar-refractivity contribution in [2.45, 2.75) is 18.8 Å². The van der Waals surface area contributed by atoms with E-state index in [1.54, 1.807) is 0 Å². The van der Waals surface area contributed by atoms with Crippen molar-refractivity contribution in [1.29, 1.82) is 0 Å². The van der Waals surface area contributed by atoms with Crippen LogP contribution in [0.3, 0.4) is 0 Å². The molecule has 0 spiro atoms. The van der Waals surface area contributed by atoms with Crippen LogP contribution in [0.4, 0.5) is 0 Å². The maximum absolute atomic E-state index is 3.46. The van der Waals surface area contributed by atoms with Gasteiger partial charge in [-0.1, -0.05) is 60.4 Å². The van der Waals surface area contributed by atoms with Gasteiger partial charge in [0.25, 0.3) is 0 Å². The highest BCUT2D eigenvalue weighted by atomic mass is 14.3. The van der Waals surface area contributed by atoms with Gasteiger partial charge in [0.05, 0.1) is 0 Å². The SMILES string of the molecule is C(#C[C@@H](c1ccccc1)C1CC1)c1ccccc1. The Kier molecular flexibility index (Phi) is 3.15.